The smallest absolute Gasteiger partial charge is 0.0791 e. The summed E-state index contributed by atoms with van der Waals surface area (Å²) in [5, 5.41) is 0. The molecule has 0 aliphatic heterocycles. The molecule has 0 unspecified atom stereocenters. The molecule has 1 aliphatic carbocycles. The van der Waals surface area contributed by atoms with Crippen molar-refractivity contribution in [2.24, 2.45) is 0 Å². The van der Waals surface area contributed by atoms with Crippen LogP contribution in [0.4, 0.5) is 0 Å². The first-order valence-electron chi connectivity index (χ1n) is 2.76. The third-order valence-electron chi connectivity index (χ3n) is 1.13. The molecule has 1 aliphatic rings. The van der Waals surface area contributed by atoms with Crippen molar-refractivity contribution in [1.29, 1.82) is 0 Å². The number of allylic oxidation sites excluding steroid dienone is 2. The van der Waals surface area contributed by atoms with Gasteiger partial charge in [-0.3, -0.25) is 0 Å². The molecular weight excluding hydrogens is 200 g/mol. The molecule has 0 aromatic heterocycles. The number of thiol groups is 4. The molecular formula is C6H8S4. The number of hydrogen-bond donors (Lipinski definition) is 4. The van der Waals surface area contributed by atoms with E-state index in [1.165, 1.54) is 0 Å². The fourth-order valence-electron chi connectivity index (χ4n) is 0.818. The molecule has 0 amide bonds. The van der Waals surface area contributed by atoms with Crippen LogP contribution < -0.4 is 0 Å². The van der Waals surface area contributed by atoms with E-state index in [2.05, 4.69) is 50.5 Å². The van der Waals surface area contributed by atoms with Crippen LogP contribution in [0.2, 0.25) is 0 Å². The minimum atomic E-state index is -0.372. The lowest BCUT2D eigenvalue weighted by molar-refractivity contribution is 0.990. The third kappa shape index (κ3) is 2.49. The average Bonchev–Trinajstić information content (AvgIpc) is 1.54. The Morgan fingerprint density at radius 3 is 2.30 bits per heavy atom. The van der Waals surface area contributed by atoms with Crippen LogP contribution in [0, 0.1) is 0 Å². The molecule has 0 nitrogen and oxygen atoms in total. The van der Waals surface area contributed by atoms with Gasteiger partial charge in [0.15, 0.2) is 0 Å². The topological polar surface area (TPSA) is 0 Å². The molecule has 0 atom stereocenters. The Bertz CT molecular complexity index is 202. The minimum absolute atomic E-state index is 0.372. The highest BCUT2D eigenvalue weighted by atomic mass is 32.2. The maximum Gasteiger partial charge on any atom is 0.0791 e. The molecule has 10 heavy (non-hydrogen) atoms. The van der Waals surface area contributed by atoms with E-state index in [1.54, 1.807) is 0 Å². The van der Waals surface area contributed by atoms with Crippen molar-refractivity contribution in [2.75, 3.05) is 0 Å². The van der Waals surface area contributed by atoms with Gasteiger partial charge in [0.1, 0.15) is 0 Å². The Morgan fingerprint density at radius 1 is 1.30 bits per heavy atom. The molecule has 4 heteroatoms. The van der Waals surface area contributed by atoms with Gasteiger partial charge in [-0.05, 0) is 17.1 Å². The number of rotatable bonds is 0. The highest BCUT2D eigenvalue weighted by molar-refractivity contribution is 8.01. The van der Waals surface area contributed by atoms with Crippen LogP contribution in [0.15, 0.2) is 22.0 Å². The molecule has 0 heterocycles. The SMILES string of the molecule is SC1=CC(S)(S)CC(S)=C1. The summed E-state index contributed by atoms with van der Waals surface area (Å²) >= 11 is 17.0. The van der Waals surface area contributed by atoms with Gasteiger partial charge < -0.3 is 0 Å². The molecule has 56 valence electrons. The quantitative estimate of drug-likeness (QED) is 0.341. The molecule has 0 bridgehead atoms. The molecule has 0 saturated carbocycles. The zero-order chi connectivity index (χ0) is 7.78. The fraction of sp³-hybridized carbons (Fsp3) is 0.333. The van der Waals surface area contributed by atoms with Crippen LogP contribution in [0.25, 0.3) is 0 Å². The Hall–Kier alpha value is 0.880. The standard InChI is InChI=1S/C6H8S4/c7-4-1-5(8)3-6(9,10)2-4/h1-2,7-10H,3H2. The van der Waals surface area contributed by atoms with Gasteiger partial charge in [-0.2, -0.15) is 25.3 Å². The summed E-state index contributed by atoms with van der Waals surface area (Å²) in [5.41, 5.74) is 0. The summed E-state index contributed by atoms with van der Waals surface area (Å²) in [4.78, 5) is 1.85. The van der Waals surface area contributed by atoms with Crippen molar-refractivity contribution in [1.82, 2.24) is 0 Å². The zero-order valence-electron chi connectivity index (χ0n) is 5.15. The molecule has 0 radical (unpaired) electrons. The Labute approximate surface area is 82.8 Å². The first kappa shape index (κ1) is 8.97. The van der Waals surface area contributed by atoms with E-state index < -0.39 is 0 Å². The maximum atomic E-state index is 4.29. The monoisotopic (exact) mass is 208 g/mol. The first-order valence-corrected chi connectivity index (χ1v) is 4.55. The van der Waals surface area contributed by atoms with Crippen molar-refractivity contribution in [3.8, 4) is 0 Å². The Balaban J connectivity index is 2.88. The molecule has 0 fully saturated rings. The van der Waals surface area contributed by atoms with E-state index in [0.29, 0.717) is 0 Å². The summed E-state index contributed by atoms with van der Waals surface area (Å²) in [7, 11) is 0. The molecule has 0 spiro atoms. The lowest BCUT2D eigenvalue weighted by atomic mass is 10.2. The van der Waals surface area contributed by atoms with Crippen LogP contribution >= 0.6 is 50.5 Å². The summed E-state index contributed by atoms with van der Waals surface area (Å²) in [5.74, 6) is 0. The summed E-state index contributed by atoms with van der Waals surface area (Å²) < 4.78 is -0.372. The molecule has 0 aromatic carbocycles. The lowest BCUT2D eigenvalue weighted by Crippen LogP contribution is -2.12. The number of hydrogen-bond acceptors (Lipinski definition) is 4. The Morgan fingerprint density at radius 2 is 1.90 bits per heavy atom. The van der Waals surface area contributed by atoms with Gasteiger partial charge in [0.2, 0.25) is 0 Å². The molecule has 0 aromatic rings. The average molecular weight is 208 g/mol. The summed E-state index contributed by atoms with van der Waals surface area (Å²) in [6.45, 7) is 0. The maximum absolute atomic E-state index is 4.29. The van der Waals surface area contributed by atoms with Gasteiger partial charge in [-0.25, -0.2) is 0 Å². The Kier molecular flexibility index (Phi) is 2.77. The highest BCUT2D eigenvalue weighted by Gasteiger charge is 2.21. The van der Waals surface area contributed by atoms with E-state index >= 15 is 0 Å². The molecule has 0 N–H and O–H groups in total. The highest BCUT2D eigenvalue weighted by Crippen LogP contribution is 2.36. The van der Waals surface area contributed by atoms with Crippen LogP contribution in [0.1, 0.15) is 6.42 Å². The van der Waals surface area contributed by atoms with Gasteiger partial charge >= 0.3 is 0 Å². The molecule has 1 rings (SSSR count). The van der Waals surface area contributed by atoms with E-state index in [1.807, 2.05) is 12.2 Å². The first-order chi connectivity index (χ1) is 4.49. The van der Waals surface area contributed by atoms with E-state index in [0.717, 1.165) is 16.2 Å². The van der Waals surface area contributed by atoms with E-state index in [-0.39, 0.29) is 4.08 Å². The van der Waals surface area contributed by atoms with Crippen LogP contribution in [-0.4, -0.2) is 4.08 Å². The van der Waals surface area contributed by atoms with Gasteiger partial charge in [-0.1, -0.05) is 0 Å². The van der Waals surface area contributed by atoms with Gasteiger partial charge in [0, 0.05) is 11.3 Å². The van der Waals surface area contributed by atoms with Crippen LogP contribution in [0.3, 0.4) is 0 Å². The zero-order valence-corrected chi connectivity index (χ0v) is 8.73. The lowest BCUT2D eigenvalue weighted by Gasteiger charge is -2.22. The third-order valence-corrected chi connectivity index (χ3v) is 2.25. The van der Waals surface area contributed by atoms with E-state index in [4.69, 9.17) is 0 Å². The predicted molar refractivity (Wildman–Crippen MR) is 59.5 cm³/mol. The van der Waals surface area contributed by atoms with Crippen LogP contribution in [-0.2, 0) is 0 Å². The fourth-order valence-corrected chi connectivity index (χ4v) is 2.76. The van der Waals surface area contributed by atoms with Crippen molar-refractivity contribution >= 4 is 50.5 Å². The van der Waals surface area contributed by atoms with Crippen LogP contribution in [0.5, 0.6) is 0 Å². The van der Waals surface area contributed by atoms with Gasteiger partial charge in [0.05, 0.1) is 4.08 Å². The largest absolute Gasteiger partial charge is 0.157 e. The van der Waals surface area contributed by atoms with Crippen molar-refractivity contribution in [3.63, 3.8) is 0 Å². The molecule has 0 saturated heterocycles. The van der Waals surface area contributed by atoms with Crippen molar-refractivity contribution in [3.05, 3.63) is 22.0 Å². The van der Waals surface area contributed by atoms with Crippen molar-refractivity contribution < 1.29 is 0 Å². The normalized spacial score (nSPS) is 23.6. The second-order valence-electron chi connectivity index (χ2n) is 2.26. The minimum Gasteiger partial charge on any atom is -0.157 e. The van der Waals surface area contributed by atoms with Gasteiger partial charge in [0.25, 0.3) is 0 Å². The second kappa shape index (κ2) is 3.09. The van der Waals surface area contributed by atoms with Gasteiger partial charge in [-0.15, -0.1) is 25.3 Å². The predicted octanol–water partition coefficient (Wildman–Crippen LogP) is 2.57. The summed E-state index contributed by atoms with van der Waals surface area (Å²) in [6, 6.07) is 0. The van der Waals surface area contributed by atoms with E-state index in [9.17, 15) is 0 Å². The summed E-state index contributed by atoms with van der Waals surface area (Å²) in [6.07, 6.45) is 4.55. The van der Waals surface area contributed by atoms with Crippen molar-refractivity contribution in [2.45, 2.75) is 10.5 Å². The second-order valence-corrected chi connectivity index (χ2v) is 5.30.